The number of fused-ring (bicyclic) bond motifs is 2. The van der Waals surface area contributed by atoms with Gasteiger partial charge in [0, 0.05) is 12.0 Å². The van der Waals surface area contributed by atoms with Crippen molar-refractivity contribution >= 4 is 11.4 Å². The van der Waals surface area contributed by atoms with Gasteiger partial charge in [0.15, 0.2) is 5.78 Å². The molecule has 0 radical (unpaired) electrons. The topological polar surface area (TPSA) is 44.1 Å². The second kappa shape index (κ2) is 7.70. The number of allylic oxidation sites excluding steroid dienone is 2. The number of ether oxygens (including phenoxy) is 1. The van der Waals surface area contributed by atoms with E-state index in [0.717, 1.165) is 24.2 Å². The first-order chi connectivity index (χ1) is 14.3. The minimum absolute atomic E-state index is 0.115. The quantitative estimate of drug-likeness (QED) is 0.518. The third-order valence-electron chi connectivity index (χ3n) is 6.01. The minimum Gasteiger partial charge on any atom is -0.489 e. The summed E-state index contributed by atoms with van der Waals surface area (Å²) >= 11 is 0. The zero-order valence-electron chi connectivity index (χ0n) is 16.4. The Morgan fingerprint density at radius 3 is 2.83 bits per heavy atom. The Balaban J connectivity index is 1.32. The van der Waals surface area contributed by atoms with Crippen LogP contribution in [0.1, 0.15) is 59.8 Å². The molecule has 5 rings (SSSR count). The maximum Gasteiger partial charge on any atom is 0.165 e. The summed E-state index contributed by atoms with van der Waals surface area (Å²) in [6, 6.07) is 17.7. The summed E-state index contributed by atoms with van der Waals surface area (Å²) in [7, 11) is 0. The zero-order valence-corrected chi connectivity index (χ0v) is 16.4. The standard InChI is InChI=1S/C25H24N2O2/c28-25(14-23-21-11-4-5-12-22(21)24-15-26-17-27(23)24)19-9-6-10-20(13-19)29-16-18-7-2-1-3-8-18/h1-3,6-10,13,15,17,23H,4-5,11-12,14,16H2. The fraction of sp³-hybridized carbons (Fsp3) is 0.280. The molecule has 0 N–H and O–H groups in total. The molecule has 2 aliphatic rings. The number of carbonyl (C=O) groups excluding carboxylic acids is 1. The molecule has 4 nitrogen and oxygen atoms in total. The fourth-order valence-electron chi connectivity index (χ4n) is 4.56. The average molecular weight is 384 g/mol. The highest BCUT2D eigenvalue weighted by atomic mass is 16.5. The lowest BCUT2D eigenvalue weighted by Gasteiger charge is -2.20. The number of rotatable bonds is 6. The van der Waals surface area contributed by atoms with Gasteiger partial charge in [-0.25, -0.2) is 4.98 Å². The Morgan fingerprint density at radius 2 is 1.93 bits per heavy atom. The van der Waals surface area contributed by atoms with Gasteiger partial charge in [-0.3, -0.25) is 4.79 Å². The van der Waals surface area contributed by atoms with Gasteiger partial charge in [0.25, 0.3) is 0 Å². The van der Waals surface area contributed by atoms with Crippen LogP contribution in [-0.4, -0.2) is 15.3 Å². The zero-order chi connectivity index (χ0) is 19.6. The van der Waals surface area contributed by atoms with E-state index >= 15 is 0 Å². The lowest BCUT2D eigenvalue weighted by Crippen LogP contribution is -2.14. The van der Waals surface area contributed by atoms with Crippen LogP contribution in [0.5, 0.6) is 5.75 Å². The number of aromatic nitrogens is 2. The molecule has 0 amide bonds. The highest BCUT2D eigenvalue weighted by Gasteiger charge is 2.33. The van der Waals surface area contributed by atoms with Crippen molar-refractivity contribution in [2.75, 3.05) is 0 Å². The van der Waals surface area contributed by atoms with Gasteiger partial charge in [0.1, 0.15) is 12.4 Å². The molecule has 1 aromatic heterocycles. The van der Waals surface area contributed by atoms with Crippen LogP contribution in [0.2, 0.25) is 0 Å². The van der Waals surface area contributed by atoms with Crippen LogP contribution in [0.25, 0.3) is 5.57 Å². The molecule has 1 aliphatic heterocycles. The fourth-order valence-corrected chi connectivity index (χ4v) is 4.56. The van der Waals surface area contributed by atoms with Crippen LogP contribution >= 0.6 is 0 Å². The van der Waals surface area contributed by atoms with Crippen molar-refractivity contribution in [3.8, 4) is 5.75 Å². The van der Waals surface area contributed by atoms with E-state index in [1.165, 1.54) is 29.7 Å². The molecule has 2 aromatic carbocycles. The maximum atomic E-state index is 13.1. The van der Waals surface area contributed by atoms with E-state index < -0.39 is 0 Å². The molecular formula is C25H24N2O2. The molecule has 0 saturated heterocycles. The molecule has 3 aromatic rings. The lowest BCUT2D eigenvalue weighted by molar-refractivity contribution is 0.0968. The Hall–Kier alpha value is -3.14. The Labute approximate surface area is 170 Å². The second-order valence-electron chi connectivity index (χ2n) is 7.84. The number of imidazole rings is 1. The van der Waals surface area contributed by atoms with Gasteiger partial charge in [-0.05, 0) is 54.5 Å². The first kappa shape index (κ1) is 17.9. The summed E-state index contributed by atoms with van der Waals surface area (Å²) in [4.78, 5) is 17.5. The van der Waals surface area contributed by atoms with Gasteiger partial charge in [0.2, 0.25) is 0 Å². The second-order valence-corrected chi connectivity index (χ2v) is 7.84. The first-order valence-electron chi connectivity index (χ1n) is 10.3. The minimum atomic E-state index is 0.115. The van der Waals surface area contributed by atoms with Crippen molar-refractivity contribution in [1.29, 1.82) is 0 Å². The highest BCUT2D eigenvalue weighted by Crippen LogP contribution is 2.45. The van der Waals surface area contributed by atoms with Crippen LogP contribution in [-0.2, 0) is 6.61 Å². The molecule has 0 bridgehead atoms. The summed E-state index contributed by atoms with van der Waals surface area (Å²) in [5.41, 5.74) is 5.89. The summed E-state index contributed by atoms with van der Waals surface area (Å²) in [5.74, 6) is 0.881. The molecular weight excluding hydrogens is 360 g/mol. The van der Waals surface area contributed by atoms with Gasteiger partial charge in [-0.2, -0.15) is 0 Å². The van der Waals surface area contributed by atoms with E-state index in [-0.39, 0.29) is 11.8 Å². The number of hydrogen-bond donors (Lipinski definition) is 0. The average Bonchev–Trinajstić information content (AvgIpc) is 3.36. The van der Waals surface area contributed by atoms with Gasteiger partial charge in [0.05, 0.1) is 24.3 Å². The van der Waals surface area contributed by atoms with Crippen LogP contribution in [0, 0.1) is 0 Å². The van der Waals surface area contributed by atoms with E-state index in [1.54, 1.807) is 0 Å². The van der Waals surface area contributed by atoms with Crippen molar-refractivity contribution in [2.45, 2.75) is 44.8 Å². The Morgan fingerprint density at radius 1 is 1.07 bits per heavy atom. The molecule has 146 valence electrons. The Bertz CT molecular complexity index is 1070. The molecule has 2 heterocycles. The van der Waals surface area contributed by atoms with E-state index in [9.17, 15) is 4.79 Å². The monoisotopic (exact) mass is 384 g/mol. The molecule has 1 aliphatic carbocycles. The van der Waals surface area contributed by atoms with Crippen molar-refractivity contribution in [1.82, 2.24) is 9.55 Å². The summed E-state index contributed by atoms with van der Waals surface area (Å²) in [6.45, 7) is 0.496. The van der Waals surface area contributed by atoms with Crippen LogP contribution < -0.4 is 4.74 Å². The summed E-state index contributed by atoms with van der Waals surface area (Å²) in [5, 5.41) is 0. The third kappa shape index (κ3) is 3.51. The van der Waals surface area contributed by atoms with Gasteiger partial charge < -0.3 is 9.30 Å². The number of ketones is 1. The summed E-state index contributed by atoms with van der Waals surface area (Å²) < 4.78 is 8.10. The highest BCUT2D eigenvalue weighted by molar-refractivity contribution is 5.97. The number of carbonyl (C=O) groups is 1. The summed E-state index contributed by atoms with van der Waals surface area (Å²) in [6.07, 6.45) is 8.94. The van der Waals surface area contributed by atoms with Crippen molar-refractivity contribution < 1.29 is 9.53 Å². The first-order valence-corrected chi connectivity index (χ1v) is 10.3. The molecule has 29 heavy (non-hydrogen) atoms. The molecule has 0 spiro atoms. The Kier molecular flexibility index (Phi) is 4.76. The molecule has 1 atom stereocenters. The molecule has 0 fully saturated rings. The van der Waals surface area contributed by atoms with Gasteiger partial charge in [-0.1, -0.05) is 42.5 Å². The van der Waals surface area contributed by atoms with Crippen molar-refractivity contribution in [3.63, 3.8) is 0 Å². The van der Waals surface area contributed by atoms with Crippen LogP contribution in [0.4, 0.5) is 0 Å². The largest absolute Gasteiger partial charge is 0.489 e. The number of nitrogens with zero attached hydrogens (tertiary/aromatic N) is 2. The third-order valence-corrected chi connectivity index (χ3v) is 6.01. The predicted molar refractivity (Wildman–Crippen MR) is 113 cm³/mol. The number of hydrogen-bond acceptors (Lipinski definition) is 3. The smallest absolute Gasteiger partial charge is 0.165 e. The number of Topliss-reactive ketones (excluding diaryl/α,β-unsaturated/α-hetero) is 1. The molecule has 4 heteroatoms. The van der Waals surface area contributed by atoms with E-state index in [2.05, 4.69) is 9.55 Å². The van der Waals surface area contributed by atoms with E-state index in [0.29, 0.717) is 18.6 Å². The van der Waals surface area contributed by atoms with Crippen molar-refractivity contribution in [2.24, 2.45) is 0 Å². The maximum absolute atomic E-state index is 13.1. The number of benzene rings is 2. The normalized spacial score (nSPS) is 17.7. The van der Waals surface area contributed by atoms with Crippen LogP contribution in [0.15, 0.2) is 72.7 Å². The van der Waals surface area contributed by atoms with E-state index in [4.69, 9.17) is 4.74 Å². The van der Waals surface area contributed by atoms with Crippen molar-refractivity contribution in [3.05, 3.63) is 89.5 Å². The molecule has 1 unspecified atom stereocenters. The lowest BCUT2D eigenvalue weighted by atomic mass is 9.87. The van der Waals surface area contributed by atoms with Crippen LogP contribution in [0.3, 0.4) is 0 Å². The molecule has 0 saturated carbocycles. The van der Waals surface area contributed by atoms with E-state index in [1.807, 2.05) is 67.1 Å². The van der Waals surface area contributed by atoms with Gasteiger partial charge in [-0.15, -0.1) is 0 Å². The van der Waals surface area contributed by atoms with Gasteiger partial charge >= 0.3 is 0 Å². The SMILES string of the molecule is O=C(CC1C2=C(CCCC2)c2cncn21)c1cccc(OCc2ccccc2)c1. The predicted octanol–water partition coefficient (Wildman–Crippen LogP) is 5.62.